The molecule has 88 valence electrons. The number of carbonyl (C=O) groups excluding carboxylic acids is 1. The van der Waals surface area contributed by atoms with Gasteiger partial charge in [-0.2, -0.15) is 5.10 Å². The summed E-state index contributed by atoms with van der Waals surface area (Å²) in [6.07, 6.45) is 1.69. The Morgan fingerprint density at radius 2 is 2.35 bits per heavy atom. The van der Waals surface area contributed by atoms with E-state index in [4.69, 9.17) is 0 Å². The van der Waals surface area contributed by atoms with Crippen molar-refractivity contribution in [2.75, 3.05) is 0 Å². The van der Waals surface area contributed by atoms with E-state index in [0.717, 1.165) is 11.4 Å². The molecule has 0 unspecified atom stereocenters. The predicted octanol–water partition coefficient (Wildman–Crippen LogP) is 1.81. The second-order valence-corrected chi connectivity index (χ2v) is 4.31. The second-order valence-electron chi connectivity index (χ2n) is 3.51. The quantitative estimate of drug-likeness (QED) is 0.907. The van der Waals surface area contributed by atoms with Crippen molar-refractivity contribution >= 4 is 21.8 Å². The molecule has 0 bridgehead atoms. The van der Waals surface area contributed by atoms with Gasteiger partial charge in [0.25, 0.3) is 5.91 Å². The van der Waals surface area contributed by atoms with Gasteiger partial charge in [-0.1, -0.05) is 6.07 Å². The summed E-state index contributed by atoms with van der Waals surface area (Å²) in [5.74, 6) is -0.230. The number of halogens is 1. The molecule has 2 rings (SSSR count). The minimum atomic E-state index is -0.230. The number of aromatic nitrogens is 3. The Balaban J connectivity index is 2.01. The van der Waals surface area contributed by atoms with Crippen LogP contribution in [0.2, 0.25) is 0 Å². The van der Waals surface area contributed by atoms with Crippen molar-refractivity contribution in [3.63, 3.8) is 0 Å². The average Bonchev–Trinajstić information content (AvgIpc) is 2.69. The maximum atomic E-state index is 11.8. The van der Waals surface area contributed by atoms with Crippen LogP contribution < -0.4 is 5.32 Å². The highest BCUT2D eigenvalue weighted by molar-refractivity contribution is 9.10. The van der Waals surface area contributed by atoms with Crippen LogP contribution in [0.15, 0.2) is 28.9 Å². The molecule has 0 aliphatic rings. The van der Waals surface area contributed by atoms with E-state index in [1.807, 2.05) is 25.1 Å². The number of pyridine rings is 1. The van der Waals surface area contributed by atoms with Crippen molar-refractivity contribution in [2.24, 2.45) is 0 Å². The summed E-state index contributed by atoms with van der Waals surface area (Å²) in [7, 11) is 0. The molecule has 6 heteroatoms. The lowest BCUT2D eigenvalue weighted by atomic mass is 10.3. The zero-order valence-corrected chi connectivity index (χ0v) is 10.8. The van der Waals surface area contributed by atoms with Gasteiger partial charge in [0.15, 0.2) is 5.69 Å². The monoisotopic (exact) mass is 294 g/mol. The van der Waals surface area contributed by atoms with Crippen LogP contribution in [0.5, 0.6) is 0 Å². The van der Waals surface area contributed by atoms with Gasteiger partial charge < -0.3 is 5.32 Å². The Hall–Kier alpha value is -1.69. The van der Waals surface area contributed by atoms with Gasteiger partial charge in [0, 0.05) is 11.9 Å². The third-order valence-corrected chi connectivity index (χ3v) is 3.21. The molecule has 0 atom stereocenters. The number of nitrogens with zero attached hydrogens (tertiary/aromatic N) is 2. The van der Waals surface area contributed by atoms with E-state index < -0.39 is 0 Å². The van der Waals surface area contributed by atoms with E-state index in [9.17, 15) is 4.79 Å². The van der Waals surface area contributed by atoms with Crippen molar-refractivity contribution in [1.29, 1.82) is 0 Å². The lowest BCUT2D eigenvalue weighted by Gasteiger charge is -2.02. The first-order valence-corrected chi connectivity index (χ1v) is 5.86. The predicted molar refractivity (Wildman–Crippen MR) is 66.4 cm³/mol. The van der Waals surface area contributed by atoms with Crippen LogP contribution in [0.3, 0.4) is 0 Å². The van der Waals surface area contributed by atoms with Crippen LogP contribution in [0.25, 0.3) is 0 Å². The van der Waals surface area contributed by atoms with E-state index in [1.54, 1.807) is 6.20 Å². The minimum absolute atomic E-state index is 0.230. The molecule has 2 heterocycles. The molecule has 0 saturated carbocycles. The topological polar surface area (TPSA) is 70.7 Å². The minimum Gasteiger partial charge on any atom is -0.345 e. The van der Waals surface area contributed by atoms with Crippen LogP contribution in [-0.4, -0.2) is 21.1 Å². The highest BCUT2D eigenvalue weighted by Crippen LogP contribution is 2.17. The Kier molecular flexibility index (Phi) is 3.53. The highest BCUT2D eigenvalue weighted by Gasteiger charge is 2.15. The van der Waals surface area contributed by atoms with E-state index in [0.29, 0.717) is 16.7 Å². The fraction of sp³-hybridized carbons (Fsp3) is 0.182. The Labute approximate surface area is 107 Å². The molecule has 0 radical (unpaired) electrons. The lowest BCUT2D eigenvalue weighted by molar-refractivity contribution is 0.0944. The molecule has 2 aromatic heterocycles. The molecule has 0 aliphatic heterocycles. The molecular formula is C11H11BrN4O. The summed E-state index contributed by atoms with van der Waals surface area (Å²) in [6, 6.07) is 5.56. The van der Waals surface area contributed by atoms with Gasteiger partial charge >= 0.3 is 0 Å². The van der Waals surface area contributed by atoms with Gasteiger partial charge in [0.05, 0.1) is 16.7 Å². The normalized spacial score (nSPS) is 10.2. The third-order valence-electron chi connectivity index (χ3n) is 2.24. The average molecular weight is 295 g/mol. The van der Waals surface area contributed by atoms with Crippen LogP contribution in [-0.2, 0) is 6.54 Å². The summed E-state index contributed by atoms with van der Waals surface area (Å²) in [4.78, 5) is 15.9. The van der Waals surface area contributed by atoms with Crippen molar-refractivity contribution in [2.45, 2.75) is 13.5 Å². The molecule has 0 aliphatic carbocycles. The van der Waals surface area contributed by atoms with Gasteiger partial charge in [-0.3, -0.25) is 14.9 Å². The third kappa shape index (κ3) is 2.71. The van der Waals surface area contributed by atoms with Crippen LogP contribution in [0, 0.1) is 6.92 Å². The molecule has 2 aromatic rings. The summed E-state index contributed by atoms with van der Waals surface area (Å²) >= 11 is 3.31. The van der Waals surface area contributed by atoms with E-state index >= 15 is 0 Å². The molecule has 5 nitrogen and oxygen atoms in total. The first-order valence-electron chi connectivity index (χ1n) is 5.07. The Bertz CT molecular complexity index is 524. The SMILES string of the molecule is Cc1[nH]nc(C(=O)NCc2ccccn2)c1Br. The van der Waals surface area contributed by atoms with Gasteiger partial charge in [-0.25, -0.2) is 0 Å². The molecule has 1 amide bonds. The number of H-pyrrole nitrogens is 1. The largest absolute Gasteiger partial charge is 0.345 e. The van der Waals surface area contributed by atoms with E-state index in [1.165, 1.54) is 0 Å². The molecule has 0 spiro atoms. The standard InChI is InChI=1S/C11H11BrN4O/c1-7-9(12)10(16-15-7)11(17)14-6-8-4-2-3-5-13-8/h2-5H,6H2,1H3,(H,14,17)(H,15,16). The number of hydrogen-bond donors (Lipinski definition) is 2. The summed E-state index contributed by atoms with van der Waals surface area (Å²) in [6.45, 7) is 2.23. The van der Waals surface area contributed by atoms with Crippen molar-refractivity contribution in [3.05, 3.63) is 46.0 Å². The molecule has 17 heavy (non-hydrogen) atoms. The van der Waals surface area contributed by atoms with Crippen molar-refractivity contribution < 1.29 is 4.79 Å². The Morgan fingerprint density at radius 1 is 1.53 bits per heavy atom. The van der Waals surface area contributed by atoms with Gasteiger partial charge in [0.1, 0.15) is 0 Å². The number of nitrogens with one attached hydrogen (secondary N) is 2. The number of amides is 1. The molecule has 0 fully saturated rings. The summed E-state index contributed by atoms with van der Waals surface area (Å²) in [5.41, 5.74) is 2.00. The number of aromatic amines is 1. The fourth-order valence-corrected chi connectivity index (χ4v) is 1.68. The lowest BCUT2D eigenvalue weighted by Crippen LogP contribution is -2.24. The van der Waals surface area contributed by atoms with E-state index in [2.05, 4.69) is 36.4 Å². The Morgan fingerprint density at radius 3 is 2.94 bits per heavy atom. The smallest absolute Gasteiger partial charge is 0.273 e. The van der Waals surface area contributed by atoms with Gasteiger partial charge in [-0.15, -0.1) is 0 Å². The maximum Gasteiger partial charge on any atom is 0.273 e. The fourth-order valence-electron chi connectivity index (χ4n) is 1.32. The van der Waals surface area contributed by atoms with E-state index in [-0.39, 0.29) is 5.91 Å². The van der Waals surface area contributed by atoms with Crippen LogP contribution in [0.4, 0.5) is 0 Å². The first-order chi connectivity index (χ1) is 8.18. The van der Waals surface area contributed by atoms with Crippen LogP contribution >= 0.6 is 15.9 Å². The maximum absolute atomic E-state index is 11.8. The molecular weight excluding hydrogens is 284 g/mol. The zero-order chi connectivity index (χ0) is 12.3. The summed E-state index contributed by atoms with van der Waals surface area (Å²) < 4.78 is 0.691. The van der Waals surface area contributed by atoms with Gasteiger partial charge in [-0.05, 0) is 35.0 Å². The number of hydrogen-bond acceptors (Lipinski definition) is 3. The number of carbonyl (C=O) groups is 1. The highest BCUT2D eigenvalue weighted by atomic mass is 79.9. The number of aryl methyl sites for hydroxylation is 1. The summed E-state index contributed by atoms with van der Waals surface area (Å²) in [5, 5.41) is 9.42. The molecule has 2 N–H and O–H groups in total. The molecule has 0 saturated heterocycles. The van der Waals surface area contributed by atoms with Crippen molar-refractivity contribution in [1.82, 2.24) is 20.5 Å². The van der Waals surface area contributed by atoms with Crippen LogP contribution in [0.1, 0.15) is 21.9 Å². The first kappa shape index (κ1) is 11.8. The number of rotatable bonds is 3. The van der Waals surface area contributed by atoms with Crippen molar-refractivity contribution in [3.8, 4) is 0 Å². The van der Waals surface area contributed by atoms with Gasteiger partial charge in [0.2, 0.25) is 0 Å². The second kappa shape index (κ2) is 5.09. The molecule has 0 aromatic carbocycles. The zero-order valence-electron chi connectivity index (χ0n) is 9.20.